The quantitative estimate of drug-likeness (QED) is 0.0483. The highest BCUT2D eigenvalue weighted by atomic mass is 35.5. The molecule has 1 atom stereocenters. The molecule has 18 heteroatoms. The van der Waals surface area contributed by atoms with Gasteiger partial charge in [0, 0.05) is 47.9 Å². The second-order valence-electron chi connectivity index (χ2n) is 14.5. The molecule has 2 heterocycles. The largest absolute Gasteiger partial charge is 0.493 e. The Balaban J connectivity index is 0.906. The van der Waals surface area contributed by atoms with E-state index in [1.807, 2.05) is 0 Å². The molecule has 17 nitrogen and oxygen atoms in total. The van der Waals surface area contributed by atoms with Crippen LogP contribution >= 0.6 is 11.6 Å². The van der Waals surface area contributed by atoms with E-state index in [0.29, 0.717) is 60.6 Å². The fourth-order valence-electron chi connectivity index (χ4n) is 6.95. The number of imide groups is 1. The molecule has 0 aliphatic carbocycles. The molecular weight excluding hydrogens is 866 g/mol. The smallest absolute Gasteiger partial charge is 0.255 e. The lowest BCUT2D eigenvalue weighted by atomic mass is 9.97. The number of carbonyl (C=O) groups excluding carboxylic acids is 6. The van der Waals surface area contributed by atoms with E-state index in [4.69, 9.17) is 50.2 Å². The van der Waals surface area contributed by atoms with Gasteiger partial charge in [0.25, 0.3) is 5.91 Å². The van der Waals surface area contributed by atoms with Crippen molar-refractivity contribution in [3.63, 3.8) is 0 Å². The van der Waals surface area contributed by atoms with Crippen molar-refractivity contribution >= 4 is 58.8 Å². The number of nitrogens with one attached hydrogen (secondary N) is 1. The van der Waals surface area contributed by atoms with Crippen LogP contribution in [0, 0.1) is 0 Å². The van der Waals surface area contributed by atoms with Crippen molar-refractivity contribution in [3.05, 3.63) is 110 Å². The minimum absolute atomic E-state index is 0.0422. The summed E-state index contributed by atoms with van der Waals surface area (Å²) in [5, 5.41) is 2.75. The van der Waals surface area contributed by atoms with Crippen LogP contribution in [0.5, 0.6) is 17.2 Å². The molecule has 340 valence electrons. The van der Waals surface area contributed by atoms with E-state index in [0.717, 1.165) is 0 Å². The predicted molar refractivity (Wildman–Crippen MR) is 237 cm³/mol. The second-order valence-corrected chi connectivity index (χ2v) is 14.9. The Labute approximate surface area is 377 Å². The van der Waals surface area contributed by atoms with E-state index in [1.54, 1.807) is 55.5 Å². The van der Waals surface area contributed by atoms with Crippen LogP contribution in [0.4, 0.5) is 0 Å². The number of likely N-dealkylation sites (N-methyl/N-ethyl adjacent to an activating group) is 1. The molecule has 1 aliphatic heterocycles. The van der Waals surface area contributed by atoms with Gasteiger partial charge in [0.15, 0.2) is 11.7 Å². The topological polar surface area (TPSA) is 229 Å². The Morgan fingerprint density at radius 2 is 1.52 bits per heavy atom. The zero-order chi connectivity index (χ0) is 46.5. The number of ether oxygens (including phenoxy) is 6. The minimum atomic E-state index is -0.837. The molecule has 65 heavy (non-hydrogen) atoms. The van der Waals surface area contributed by atoms with Gasteiger partial charge in [-0.15, -0.1) is 0 Å². The van der Waals surface area contributed by atoms with Crippen LogP contribution in [0.2, 0.25) is 5.02 Å². The Morgan fingerprint density at radius 3 is 2.17 bits per heavy atom. The maximum absolute atomic E-state index is 13.4. The van der Waals surface area contributed by atoms with Gasteiger partial charge in [0.1, 0.15) is 54.1 Å². The molecule has 3 N–H and O–H groups in total. The van der Waals surface area contributed by atoms with Gasteiger partial charge in [0.2, 0.25) is 17.7 Å². The third-order valence-electron chi connectivity index (χ3n) is 10.2. The number of hydrogen-bond acceptors (Lipinski definition) is 14. The third kappa shape index (κ3) is 12.0. The molecular formula is C47H46ClN3O14. The zero-order valence-electron chi connectivity index (χ0n) is 35.6. The number of nitrogens with zero attached hydrogens (tertiary/aromatic N) is 1. The van der Waals surface area contributed by atoms with Crippen molar-refractivity contribution in [2.75, 3.05) is 66.5 Å². The molecule has 4 aromatic carbocycles. The number of piperidine rings is 1. The number of carbonyl (C=O) groups is 6. The van der Waals surface area contributed by atoms with E-state index >= 15 is 0 Å². The van der Waals surface area contributed by atoms with Gasteiger partial charge in [-0.2, -0.15) is 0 Å². The molecule has 5 aromatic rings. The molecule has 1 saturated heterocycles. The third-order valence-corrected chi connectivity index (χ3v) is 10.5. The first kappa shape index (κ1) is 47.6. The van der Waals surface area contributed by atoms with Crippen molar-refractivity contribution < 1.29 is 61.6 Å². The molecule has 0 radical (unpaired) electrons. The molecule has 1 aromatic heterocycles. The summed E-state index contributed by atoms with van der Waals surface area (Å²) in [4.78, 5) is 87.1. The number of aldehydes is 2. The van der Waals surface area contributed by atoms with Crippen molar-refractivity contribution in [1.29, 1.82) is 0 Å². The lowest BCUT2D eigenvalue weighted by molar-refractivity contribution is -0.136. The van der Waals surface area contributed by atoms with Crippen LogP contribution in [0.15, 0.2) is 82.0 Å². The first-order chi connectivity index (χ1) is 31.4. The molecule has 1 aliphatic rings. The van der Waals surface area contributed by atoms with Crippen LogP contribution in [0.25, 0.3) is 33.4 Å². The average molecular weight is 912 g/mol. The van der Waals surface area contributed by atoms with Crippen LogP contribution in [0.1, 0.15) is 61.2 Å². The number of nitrogens with two attached hydrogens (primary N) is 1. The fourth-order valence-corrected chi connectivity index (χ4v) is 7.21. The van der Waals surface area contributed by atoms with Crippen LogP contribution < -0.4 is 30.7 Å². The average Bonchev–Trinajstić information content (AvgIpc) is 3.29. The standard InChI is InChI=1S/C47H46ClN3O14/c1-3-62-41-25-43-35(23-34(41)29-19-28(26-52)20-30(21-29)45(49)56)39(54)24-42(65-43)33-8-7-31(22-37(33)48)63-17-15-60-13-11-59-12-14-61-16-18-64-40-6-4-5-32(36(40)27-53)47(58)51(2)38-9-10-44(55)50-46(38)57/h4-8,19-27,38H,3,9-18H2,1-2H3,(H2,49,56)(H,50,55,57). The summed E-state index contributed by atoms with van der Waals surface area (Å²) in [5.41, 5.74) is 7.25. The highest BCUT2D eigenvalue weighted by molar-refractivity contribution is 6.33. The SMILES string of the molecule is CCOc1cc2oc(-c3ccc(OCCOCCOCCOCCOc4cccc(C(=O)N(C)C5CCC(=O)NC5=O)c4C=O)cc3Cl)cc(=O)c2cc1-c1cc(C=O)cc(C(N)=O)c1. The van der Waals surface area contributed by atoms with Gasteiger partial charge < -0.3 is 43.5 Å². The summed E-state index contributed by atoms with van der Waals surface area (Å²) in [7, 11) is 1.45. The highest BCUT2D eigenvalue weighted by Crippen LogP contribution is 2.37. The van der Waals surface area contributed by atoms with Crippen molar-refractivity contribution in [3.8, 4) is 39.7 Å². The monoisotopic (exact) mass is 911 g/mol. The maximum Gasteiger partial charge on any atom is 0.255 e. The van der Waals surface area contributed by atoms with Crippen molar-refractivity contribution in [2.45, 2.75) is 25.8 Å². The van der Waals surface area contributed by atoms with E-state index in [9.17, 15) is 33.6 Å². The van der Waals surface area contributed by atoms with Gasteiger partial charge >= 0.3 is 0 Å². The van der Waals surface area contributed by atoms with Crippen molar-refractivity contribution in [2.24, 2.45) is 5.73 Å². The number of fused-ring (bicyclic) bond motifs is 1. The Kier molecular flexibility index (Phi) is 16.6. The summed E-state index contributed by atoms with van der Waals surface area (Å²) >= 11 is 6.63. The minimum Gasteiger partial charge on any atom is -0.493 e. The van der Waals surface area contributed by atoms with Gasteiger partial charge in [-0.3, -0.25) is 38.9 Å². The first-order valence-electron chi connectivity index (χ1n) is 20.5. The Morgan fingerprint density at radius 1 is 0.815 bits per heavy atom. The summed E-state index contributed by atoms with van der Waals surface area (Å²) < 4.78 is 40.2. The molecule has 0 spiro atoms. The lowest BCUT2D eigenvalue weighted by Crippen LogP contribution is -2.53. The van der Waals surface area contributed by atoms with Crippen LogP contribution in [-0.2, 0) is 23.8 Å². The first-order valence-corrected chi connectivity index (χ1v) is 20.9. The van der Waals surface area contributed by atoms with Gasteiger partial charge in [0.05, 0.1) is 67.8 Å². The summed E-state index contributed by atoms with van der Waals surface area (Å²) in [6.07, 6.45) is 1.42. The molecule has 0 saturated carbocycles. The summed E-state index contributed by atoms with van der Waals surface area (Å²) in [5.74, 6) is -0.970. The Bertz CT molecular complexity index is 2650. The van der Waals surface area contributed by atoms with Gasteiger partial charge in [-0.25, -0.2) is 0 Å². The fraction of sp³-hybridized carbons (Fsp3) is 0.298. The van der Waals surface area contributed by atoms with Crippen LogP contribution in [-0.4, -0.2) is 114 Å². The highest BCUT2D eigenvalue weighted by Gasteiger charge is 2.33. The number of hydrogen-bond donors (Lipinski definition) is 2. The van der Waals surface area contributed by atoms with E-state index < -0.39 is 29.7 Å². The number of halogens is 1. The zero-order valence-corrected chi connectivity index (χ0v) is 36.3. The van der Waals surface area contributed by atoms with E-state index in [1.165, 1.54) is 36.2 Å². The number of benzene rings is 4. The Hall–Kier alpha value is -6.92. The van der Waals surface area contributed by atoms with E-state index in [2.05, 4.69) is 5.32 Å². The number of amides is 4. The normalized spacial score (nSPS) is 13.6. The predicted octanol–water partition coefficient (Wildman–Crippen LogP) is 5.29. The second kappa shape index (κ2) is 22.6. The lowest BCUT2D eigenvalue weighted by Gasteiger charge is -2.30. The van der Waals surface area contributed by atoms with Crippen LogP contribution in [0.3, 0.4) is 0 Å². The summed E-state index contributed by atoms with van der Waals surface area (Å²) in [6, 6.07) is 17.7. The molecule has 1 unspecified atom stereocenters. The molecule has 1 fully saturated rings. The molecule has 0 bridgehead atoms. The number of rotatable bonds is 23. The summed E-state index contributed by atoms with van der Waals surface area (Å²) in [6.45, 7) is 4.04. The van der Waals surface area contributed by atoms with Crippen molar-refractivity contribution in [1.82, 2.24) is 10.2 Å². The maximum atomic E-state index is 13.4. The van der Waals surface area contributed by atoms with E-state index in [-0.39, 0.29) is 108 Å². The van der Waals surface area contributed by atoms with Gasteiger partial charge in [-0.05, 0) is 73.5 Å². The number of primary amides is 1. The molecule has 4 amide bonds. The van der Waals surface area contributed by atoms with Gasteiger partial charge in [-0.1, -0.05) is 17.7 Å². The molecule has 6 rings (SSSR count).